The van der Waals surface area contributed by atoms with E-state index >= 15 is 0 Å². The van der Waals surface area contributed by atoms with Gasteiger partial charge in [-0.3, -0.25) is 9.13 Å². The van der Waals surface area contributed by atoms with E-state index in [1.54, 1.807) is 0 Å². The van der Waals surface area contributed by atoms with Gasteiger partial charge < -0.3 is 9.30 Å². The van der Waals surface area contributed by atoms with E-state index in [-0.39, 0.29) is 11.7 Å². The van der Waals surface area contributed by atoms with E-state index < -0.39 is 0 Å². The molecule has 1 saturated heterocycles. The molecule has 6 nitrogen and oxygen atoms in total. The van der Waals surface area contributed by atoms with Gasteiger partial charge in [0.1, 0.15) is 5.15 Å². The van der Waals surface area contributed by atoms with Crippen molar-refractivity contribution in [1.29, 1.82) is 0 Å². The number of fused-ring (bicyclic) bond motifs is 2. The molecule has 1 aliphatic rings. The van der Waals surface area contributed by atoms with E-state index in [1.807, 2.05) is 45.5 Å². The molecule has 7 heteroatoms. The van der Waals surface area contributed by atoms with E-state index in [9.17, 15) is 4.79 Å². The van der Waals surface area contributed by atoms with Crippen molar-refractivity contribution in [3.8, 4) is 0 Å². The second-order valence-electron chi connectivity index (χ2n) is 8.43. The van der Waals surface area contributed by atoms with Gasteiger partial charge in [0.05, 0.1) is 47.9 Å². The van der Waals surface area contributed by atoms with Crippen LogP contribution >= 0.6 is 11.6 Å². The number of halogens is 1. The van der Waals surface area contributed by atoms with Gasteiger partial charge in [0.15, 0.2) is 0 Å². The summed E-state index contributed by atoms with van der Waals surface area (Å²) in [5, 5.41) is 0.480. The Labute approximate surface area is 179 Å². The standard InChI is InChI=1S/C23H25ClN4O2/c1-15(2)9-10-26-16(11-18-19(26)7-8-22(24)25-18)12-27-20-5-3-4-6-21(20)28(23(27)29)17-13-30-14-17/h3-8,11,15,17H,9-10,12-14H2,1-2H3. The number of para-hydroxylation sites is 2. The van der Waals surface area contributed by atoms with Crippen LogP contribution in [0.5, 0.6) is 0 Å². The Hall–Kier alpha value is -2.57. The van der Waals surface area contributed by atoms with Gasteiger partial charge in [-0.2, -0.15) is 0 Å². The molecule has 5 rings (SSSR count). The lowest BCUT2D eigenvalue weighted by molar-refractivity contribution is -0.0231. The second kappa shape index (κ2) is 7.60. The Balaban J connectivity index is 1.64. The highest BCUT2D eigenvalue weighted by atomic mass is 35.5. The summed E-state index contributed by atoms with van der Waals surface area (Å²) in [6.45, 7) is 6.99. The molecule has 0 bridgehead atoms. The first-order valence-electron chi connectivity index (χ1n) is 10.4. The average Bonchev–Trinajstić information content (AvgIpc) is 3.15. The molecule has 4 heterocycles. The molecule has 1 aliphatic heterocycles. The Morgan fingerprint density at radius 3 is 2.57 bits per heavy atom. The molecule has 1 fully saturated rings. The fourth-order valence-corrected chi connectivity index (χ4v) is 4.38. The molecule has 0 unspecified atom stereocenters. The van der Waals surface area contributed by atoms with Crippen molar-refractivity contribution in [1.82, 2.24) is 18.7 Å². The van der Waals surface area contributed by atoms with Gasteiger partial charge in [-0.05, 0) is 42.7 Å². The summed E-state index contributed by atoms with van der Waals surface area (Å²) in [6.07, 6.45) is 1.05. The number of imidazole rings is 1. The molecule has 0 atom stereocenters. The number of nitrogens with zero attached hydrogens (tertiary/aromatic N) is 4. The molecule has 0 spiro atoms. The van der Waals surface area contributed by atoms with Crippen molar-refractivity contribution in [2.24, 2.45) is 5.92 Å². The van der Waals surface area contributed by atoms with Crippen LogP contribution in [0.4, 0.5) is 0 Å². The van der Waals surface area contributed by atoms with Crippen molar-refractivity contribution < 1.29 is 4.74 Å². The van der Waals surface area contributed by atoms with Crippen LogP contribution in [0.1, 0.15) is 32.0 Å². The number of benzene rings is 1. The Bertz CT molecular complexity index is 1280. The van der Waals surface area contributed by atoms with Crippen LogP contribution in [-0.4, -0.2) is 31.9 Å². The van der Waals surface area contributed by atoms with Crippen LogP contribution in [0.15, 0.2) is 47.3 Å². The number of ether oxygens (including phenoxy) is 1. The predicted octanol–water partition coefficient (Wildman–Crippen LogP) is 4.47. The number of hydrogen-bond donors (Lipinski definition) is 0. The zero-order valence-electron chi connectivity index (χ0n) is 17.2. The second-order valence-corrected chi connectivity index (χ2v) is 8.81. The lowest BCUT2D eigenvalue weighted by atomic mass is 10.1. The Morgan fingerprint density at radius 1 is 1.10 bits per heavy atom. The van der Waals surface area contributed by atoms with Crippen molar-refractivity contribution in [3.05, 3.63) is 63.8 Å². The van der Waals surface area contributed by atoms with Gasteiger partial charge in [-0.1, -0.05) is 37.6 Å². The summed E-state index contributed by atoms with van der Waals surface area (Å²) in [5.74, 6) is 0.582. The molecule has 0 N–H and O–H groups in total. The summed E-state index contributed by atoms with van der Waals surface area (Å²) in [7, 11) is 0. The quantitative estimate of drug-likeness (QED) is 0.429. The molecular weight excluding hydrogens is 400 g/mol. The maximum Gasteiger partial charge on any atom is 0.329 e. The molecule has 156 valence electrons. The number of hydrogen-bond acceptors (Lipinski definition) is 3. The SMILES string of the molecule is CC(C)CCn1c(Cn2c(=O)n(C3COC3)c3ccccc32)cc2nc(Cl)ccc21. The number of aryl methyl sites for hydroxylation is 1. The summed E-state index contributed by atoms with van der Waals surface area (Å²) in [4.78, 5) is 17.9. The molecule has 0 saturated carbocycles. The van der Waals surface area contributed by atoms with Gasteiger partial charge in [-0.25, -0.2) is 9.78 Å². The van der Waals surface area contributed by atoms with E-state index in [0.29, 0.717) is 30.8 Å². The molecule has 0 aliphatic carbocycles. The van der Waals surface area contributed by atoms with Gasteiger partial charge in [-0.15, -0.1) is 0 Å². The molecular formula is C23H25ClN4O2. The van der Waals surface area contributed by atoms with E-state index in [4.69, 9.17) is 16.3 Å². The minimum Gasteiger partial charge on any atom is -0.377 e. The molecule has 1 aromatic carbocycles. The van der Waals surface area contributed by atoms with Crippen LogP contribution in [0, 0.1) is 5.92 Å². The molecule has 30 heavy (non-hydrogen) atoms. The third kappa shape index (κ3) is 3.24. The van der Waals surface area contributed by atoms with Crippen LogP contribution in [0.25, 0.3) is 22.1 Å². The predicted molar refractivity (Wildman–Crippen MR) is 119 cm³/mol. The number of pyridine rings is 1. The summed E-state index contributed by atoms with van der Waals surface area (Å²) in [6, 6.07) is 14.0. The third-order valence-electron chi connectivity index (χ3n) is 5.91. The molecule has 0 radical (unpaired) electrons. The zero-order valence-corrected chi connectivity index (χ0v) is 18.0. The molecule has 0 amide bonds. The first kappa shape index (κ1) is 19.4. The lowest BCUT2D eigenvalue weighted by Crippen LogP contribution is -2.38. The van der Waals surface area contributed by atoms with Gasteiger partial charge >= 0.3 is 5.69 Å². The summed E-state index contributed by atoms with van der Waals surface area (Å²) >= 11 is 6.14. The molecule has 4 aromatic rings. The van der Waals surface area contributed by atoms with E-state index in [0.717, 1.165) is 40.7 Å². The van der Waals surface area contributed by atoms with E-state index in [2.05, 4.69) is 29.5 Å². The lowest BCUT2D eigenvalue weighted by Gasteiger charge is -2.27. The fraction of sp³-hybridized carbons (Fsp3) is 0.391. The monoisotopic (exact) mass is 424 g/mol. The van der Waals surface area contributed by atoms with Crippen LogP contribution in [-0.2, 0) is 17.8 Å². The smallest absolute Gasteiger partial charge is 0.329 e. The van der Waals surface area contributed by atoms with Crippen molar-refractivity contribution >= 4 is 33.7 Å². The highest BCUT2D eigenvalue weighted by Crippen LogP contribution is 2.26. The first-order chi connectivity index (χ1) is 14.5. The zero-order chi connectivity index (χ0) is 20.8. The summed E-state index contributed by atoms with van der Waals surface area (Å²) in [5.41, 5.74) is 4.90. The van der Waals surface area contributed by atoms with Crippen molar-refractivity contribution in [2.75, 3.05) is 13.2 Å². The fourth-order valence-electron chi connectivity index (χ4n) is 4.22. The maximum atomic E-state index is 13.4. The number of aromatic nitrogens is 4. The average molecular weight is 425 g/mol. The van der Waals surface area contributed by atoms with Crippen LogP contribution < -0.4 is 5.69 Å². The largest absolute Gasteiger partial charge is 0.377 e. The summed E-state index contributed by atoms with van der Waals surface area (Å²) < 4.78 is 11.4. The maximum absolute atomic E-state index is 13.4. The topological polar surface area (TPSA) is 54.0 Å². The minimum atomic E-state index is 0.0103. The van der Waals surface area contributed by atoms with E-state index in [1.165, 1.54) is 0 Å². The first-order valence-corrected chi connectivity index (χ1v) is 10.8. The van der Waals surface area contributed by atoms with Gasteiger partial charge in [0.25, 0.3) is 0 Å². The normalized spacial score (nSPS) is 14.8. The minimum absolute atomic E-state index is 0.0103. The molecule has 3 aromatic heterocycles. The Kier molecular flexibility index (Phi) is 4.91. The van der Waals surface area contributed by atoms with Gasteiger partial charge in [0.2, 0.25) is 0 Å². The number of rotatable bonds is 6. The van der Waals surface area contributed by atoms with Crippen LogP contribution in [0.3, 0.4) is 0 Å². The van der Waals surface area contributed by atoms with Crippen molar-refractivity contribution in [3.63, 3.8) is 0 Å². The third-order valence-corrected chi connectivity index (χ3v) is 6.12. The van der Waals surface area contributed by atoms with Crippen LogP contribution in [0.2, 0.25) is 5.15 Å². The van der Waals surface area contributed by atoms with Crippen molar-refractivity contribution in [2.45, 2.75) is 39.4 Å². The van der Waals surface area contributed by atoms with Gasteiger partial charge in [0, 0.05) is 12.2 Å². The highest BCUT2D eigenvalue weighted by Gasteiger charge is 2.26. The Morgan fingerprint density at radius 2 is 1.87 bits per heavy atom. The highest BCUT2D eigenvalue weighted by molar-refractivity contribution is 6.29.